The Labute approximate surface area is 134 Å². The van der Waals surface area contributed by atoms with E-state index in [2.05, 4.69) is 31.1 Å². The molecule has 5 nitrogen and oxygen atoms in total. The summed E-state index contributed by atoms with van der Waals surface area (Å²) in [4.78, 5) is 14.8. The molecule has 2 N–H and O–H groups in total. The van der Waals surface area contributed by atoms with Crippen LogP contribution >= 0.6 is 15.9 Å². The fourth-order valence-electron chi connectivity index (χ4n) is 2.24. The largest absolute Gasteiger partial charge is 0.493 e. The summed E-state index contributed by atoms with van der Waals surface area (Å²) in [5.74, 6) is -0.568. The van der Waals surface area contributed by atoms with Crippen LogP contribution in [0, 0.1) is 6.92 Å². The number of nitrogens with zero attached hydrogens (tertiary/aromatic N) is 2. The van der Waals surface area contributed by atoms with Crippen molar-refractivity contribution >= 4 is 38.4 Å². The second kappa shape index (κ2) is 5.73. The van der Waals surface area contributed by atoms with Gasteiger partial charge in [-0.25, -0.2) is 0 Å². The third-order valence-corrected chi connectivity index (χ3v) is 3.74. The minimum atomic E-state index is -0.457. The van der Waals surface area contributed by atoms with Crippen LogP contribution in [0.4, 0.5) is 5.69 Å². The topological polar surface area (TPSA) is 77.8 Å². The first kappa shape index (κ1) is 14.5. The van der Waals surface area contributed by atoms with Crippen molar-refractivity contribution in [1.82, 2.24) is 4.98 Å². The van der Waals surface area contributed by atoms with Crippen molar-refractivity contribution in [2.75, 3.05) is 0 Å². The van der Waals surface area contributed by atoms with Crippen molar-refractivity contribution in [2.24, 2.45) is 10.2 Å². The van der Waals surface area contributed by atoms with Crippen molar-refractivity contribution < 1.29 is 9.90 Å². The van der Waals surface area contributed by atoms with Crippen LogP contribution in [0.15, 0.2) is 57.2 Å². The Bertz CT molecular complexity index is 885. The summed E-state index contributed by atoms with van der Waals surface area (Å²) in [6.45, 7) is 1.92. The molecule has 2 aromatic carbocycles. The fourth-order valence-corrected chi connectivity index (χ4v) is 2.81. The average Bonchev–Trinajstić information content (AvgIpc) is 2.82. The molecular formula is C16H12BrN3O2. The first-order valence-electron chi connectivity index (χ1n) is 6.58. The van der Waals surface area contributed by atoms with E-state index < -0.39 is 5.91 Å². The van der Waals surface area contributed by atoms with Gasteiger partial charge in [0.2, 0.25) is 5.88 Å². The number of rotatable bonds is 2. The number of amides is 1. The van der Waals surface area contributed by atoms with Gasteiger partial charge in [0.05, 0.1) is 5.52 Å². The van der Waals surface area contributed by atoms with Crippen molar-refractivity contribution in [1.29, 1.82) is 0 Å². The summed E-state index contributed by atoms with van der Waals surface area (Å²) in [5, 5.41) is 18.3. The van der Waals surface area contributed by atoms with Gasteiger partial charge >= 0.3 is 0 Å². The lowest BCUT2D eigenvalue weighted by Gasteiger charge is -1.97. The quantitative estimate of drug-likeness (QED) is 0.641. The second-order valence-electron chi connectivity index (χ2n) is 4.84. The van der Waals surface area contributed by atoms with E-state index in [4.69, 9.17) is 0 Å². The maximum absolute atomic E-state index is 12.0. The Kier molecular flexibility index (Phi) is 3.77. The van der Waals surface area contributed by atoms with Crippen molar-refractivity contribution in [3.05, 3.63) is 58.1 Å². The predicted molar refractivity (Wildman–Crippen MR) is 87.7 cm³/mol. The highest BCUT2D eigenvalue weighted by Crippen LogP contribution is 2.38. The molecule has 0 spiro atoms. The lowest BCUT2D eigenvalue weighted by molar-refractivity contribution is 0.0995. The zero-order valence-corrected chi connectivity index (χ0v) is 13.3. The lowest BCUT2D eigenvalue weighted by Crippen LogP contribution is -1.91. The van der Waals surface area contributed by atoms with Crippen LogP contribution in [0.3, 0.4) is 0 Å². The second-order valence-corrected chi connectivity index (χ2v) is 5.75. The van der Waals surface area contributed by atoms with Crippen molar-refractivity contribution in [2.45, 2.75) is 6.92 Å². The highest BCUT2D eigenvalue weighted by Gasteiger charge is 2.13. The molecule has 0 fully saturated rings. The molecule has 0 radical (unpaired) electrons. The number of carbonyl (C=O) groups is 1. The average molecular weight is 358 g/mol. The molecule has 3 aromatic rings. The molecule has 22 heavy (non-hydrogen) atoms. The predicted octanol–water partition coefficient (Wildman–Crippen LogP) is 4.87. The number of azo groups is 1. The first-order chi connectivity index (χ1) is 10.6. The summed E-state index contributed by atoms with van der Waals surface area (Å²) >= 11 is 3.41. The van der Waals surface area contributed by atoms with Gasteiger partial charge in [0, 0.05) is 15.4 Å². The fraction of sp³-hybridized carbons (Fsp3) is 0.0625. The molecule has 0 saturated carbocycles. The Balaban J connectivity index is 2.02. The lowest BCUT2D eigenvalue weighted by atomic mass is 10.1. The number of aromatic hydroxyl groups is 1. The van der Waals surface area contributed by atoms with Gasteiger partial charge in [-0.2, -0.15) is 0 Å². The summed E-state index contributed by atoms with van der Waals surface area (Å²) in [5.41, 5.74) is 2.42. The minimum Gasteiger partial charge on any atom is -0.493 e. The number of halogens is 1. The molecule has 1 amide bonds. The monoisotopic (exact) mass is 357 g/mol. The first-order valence-corrected chi connectivity index (χ1v) is 7.37. The molecule has 0 saturated heterocycles. The van der Waals surface area contributed by atoms with Crippen LogP contribution in [0.1, 0.15) is 15.9 Å². The maximum Gasteiger partial charge on any atom is 0.295 e. The molecule has 1 aromatic heterocycles. The number of carbonyl (C=O) groups excluding carboxylic acids is 1. The number of hydrogen-bond donors (Lipinski definition) is 2. The molecule has 0 aliphatic rings. The van der Waals surface area contributed by atoms with E-state index in [0.29, 0.717) is 10.9 Å². The van der Waals surface area contributed by atoms with E-state index in [9.17, 15) is 9.90 Å². The van der Waals surface area contributed by atoms with Gasteiger partial charge in [0.25, 0.3) is 5.91 Å². The summed E-state index contributed by atoms with van der Waals surface area (Å²) in [6.07, 6.45) is 0. The number of H-pyrrole nitrogens is 1. The molecule has 6 heteroatoms. The van der Waals surface area contributed by atoms with Gasteiger partial charge in [-0.1, -0.05) is 34.1 Å². The van der Waals surface area contributed by atoms with Crippen LogP contribution < -0.4 is 0 Å². The molecule has 110 valence electrons. The number of nitrogens with one attached hydrogen (secondary N) is 1. The van der Waals surface area contributed by atoms with E-state index in [0.717, 1.165) is 15.6 Å². The third-order valence-electron chi connectivity index (χ3n) is 3.28. The van der Waals surface area contributed by atoms with Crippen LogP contribution in [-0.2, 0) is 0 Å². The Morgan fingerprint density at radius 2 is 1.95 bits per heavy atom. The molecule has 0 bridgehead atoms. The molecule has 0 aliphatic carbocycles. The Morgan fingerprint density at radius 1 is 1.23 bits per heavy atom. The number of benzene rings is 2. The smallest absolute Gasteiger partial charge is 0.295 e. The minimum absolute atomic E-state index is 0.110. The Morgan fingerprint density at radius 3 is 2.68 bits per heavy atom. The summed E-state index contributed by atoms with van der Waals surface area (Å²) < 4.78 is 0.863. The Hall–Kier alpha value is -2.47. The summed E-state index contributed by atoms with van der Waals surface area (Å²) in [6, 6.07) is 12.4. The molecule has 3 rings (SSSR count). The molecule has 0 unspecified atom stereocenters. The van der Waals surface area contributed by atoms with Crippen LogP contribution in [0.25, 0.3) is 10.9 Å². The highest BCUT2D eigenvalue weighted by atomic mass is 79.9. The van der Waals surface area contributed by atoms with Crippen molar-refractivity contribution in [3.63, 3.8) is 0 Å². The van der Waals surface area contributed by atoms with Gasteiger partial charge in [-0.3, -0.25) is 4.79 Å². The van der Waals surface area contributed by atoms with E-state index in [1.807, 2.05) is 25.1 Å². The number of aromatic nitrogens is 1. The van der Waals surface area contributed by atoms with Gasteiger partial charge in [-0.05, 0) is 36.8 Å². The van der Waals surface area contributed by atoms with E-state index in [1.54, 1.807) is 24.3 Å². The maximum atomic E-state index is 12.0. The van der Waals surface area contributed by atoms with Crippen LogP contribution in [0.5, 0.6) is 5.88 Å². The van der Waals surface area contributed by atoms with Gasteiger partial charge in [0.1, 0.15) is 0 Å². The highest BCUT2D eigenvalue weighted by molar-refractivity contribution is 9.10. The van der Waals surface area contributed by atoms with E-state index in [1.165, 1.54) is 0 Å². The zero-order chi connectivity index (χ0) is 15.7. The third kappa shape index (κ3) is 2.65. The standard InChI is InChI=1S/C16H12BrN3O2/c1-9-7-11(17)8-12-13(9)18-16(22)14(12)19-20-15(21)10-5-3-2-4-6-10/h2-8,18,22H,1H3. The van der Waals surface area contributed by atoms with E-state index in [-0.39, 0.29) is 11.6 Å². The molecular weight excluding hydrogens is 346 g/mol. The number of hydrogen-bond acceptors (Lipinski definition) is 3. The summed E-state index contributed by atoms with van der Waals surface area (Å²) in [7, 11) is 0. The number of aryl methyl sites for hydroxylation is 1. The van der Waals surface area contributed by atoms with Gasteiger partial charge < -0.3 is 10.1 Å². The van der Waals surface area contributed by atoms with E-state index >= 15 is 0 Å². The van der Waals surface area contributed by atoms with Gasteiger partial charge in [-0.15, -0.1) is 10.2 Å². The molecule has 0 aliphatic heterocycles. The number of aromatic amines is 1. The van der Waals surface area contributed by atoms with Gasteiger partial charge in [0.15, 0.2) is 5.69 Å². The normalized spacial score (nSPS) is 11.4. The van der Waals surface area contributed by atoms with Crippen LogP contribution in [0.2, 0.25) is 0 Å². The molecule has 0 atom stereocenters. The number of fused-ring (bicyclic) bond motifs is 1. The zero-order valence-electron chi connectivity index (χ0n) is 11.7. The molecule has 1 heterocycles. The van der Waals surface area contributed by atoms with Crippen molar-refractivity contribution in [3.8, 4) is 5.88 Å². The van der Waals surface area contributed by atoms with Crippen LogP contribution in [-0.4, -0.2) is 16.0 Å². The SMILES string of the molecule is Cc1cc(Br)cc2c(N=NC(=O)c3ccccc3)c(O)[nH]c12.